The van der Waals surface area contributed by atoms with Gasteiger partial charge in [0.15, 0.2) is 0 Å². The molecule has 0 aromatic heterocycles. The highest BCUT2D eigenvalue weighted by Gasteiger charge is 2.58. The van der Waals surface area contributed by atoms with Crippen LogP contribution in [0.25, 0.3) is 0 Å². The van der Waals surface area contributed by atoms with Crippen LogP contribution in [0.2, 0.25) is 0 Å². The summed E-state index contributed by atoms with van der Waals surface area (Å²) in [5, 5.41) is 0. The first-order valence-corrected chi connectivity index (χ1v) is 14.9. The van der Waals surface area contributed by atoms with E-state index < -0.39 is 0 Å². The second-order valence-corrected chi connectivity index (χ2v) is 12.9. The number of carbonyl (C=O) groups is 1. The van der Waals surface area contributed by atoms with E-state index in [4.69, 9.17) is 4.74 Å². The van der Waals surface area contributed by atoms with Gasteiger partial charge < -0.3 is 4.74 Å². The molecule has 3 saturated carbocycles. The van der Waals surface area contributed by atoms with Crippen LogP contribution in [-0.4, -0.2) is 12.1 Å². The van der Waals surface area contributed by atoms with Crippen molar-refractivity contribution >= 4 is 5.97 Å². The van der Waals surface area contributed by atoms with Crippen molar-refractivity contribution in [3.63, 3.8) is 0 Å². The molecule has 0 bridgehead atoms. The van der Waals surface area contributed by atoms with Crippen molar-refractivity contribution in [1.29, 1.82) is 0 Å². The molecule has 4 aliphatic rings. The zero-order chi connectivity index (χ0) is 24.3. The van der Waals surface area contributed by atoms with Crippen molar-refractivity contribution in [2.24, 2.45) is 34.5 Å². The van der Waals surface area contributed by atoms with Crippen LogP contribution in [-0.2, 0) is 9.53 Å². The largest absolute Gasteiger partial charge is 0.459 e. The average Bonchev–Trinajstić information content (AvgIpc) is 3.17. The number of hydrogen-bond acceptors (Lipinski definition) is 2. The van der Waals surface area contributed by atoms with Crippen LogP contribution in [0.3, 0.4) is 0 Å². The predicted octanol–water partition coefficient (Wildman–Crippen LogP) is 9.19. The minimum absolute atomic E-state index is 0.0697. The van der Waals surface area contributed by atoms with Crippen LogP contribution in [0.5, 0.6) is 0 Å². The van der Waals surface area contributed by atoms with E-state index in [0.717, 1.165) is 42.1 Å². The summed E-state index contributed by atoms with van der Waals surface area (Å²) in [5.41, 5.74) is 3.26. The fourth-order valence-corrected chi connectivity index (χ4v) is 8.84. The Kier molecular flexibility index (Phi) is 8.36. The molecule has 2 nitrogen and oxygen atoms in total. The molecule has 0 unspecified atom stereocenters. The zero-order valence-electron chi connectivity index (χ0n) is 23.0. The third kappa shape index (κ3) is 4.94. The lowest BCUT2D eigenvalue weighted by atomic mass is 9.47. The Bertz CT molecular complexity index is 778. The summed E-state index contributed by atoms with van der Waals surface area (Å²) >= 11 is 0. The molecule has 3 fully saturated rings. The van der Waals surface area contributed by atoms with E-state index in [1.807, 2.05) is 19.9 Å². The summed E-state index contributed by atoms with van der Waals surface area (Å²) in [4.78, 5) is 12.3. The molecule has 0 aromatic rings. The molecule has 0 aromatic carbocycles. The molecule has 7 atom stereocenters. The molecule has 2 heteroatoms. The number of allylic oxidation sites excluding steroid dienone is 2. The van der Waals surface area contributed by atoms with Crippen molar-refractivity contribution in [3.05, 3.63) is 23.3 Å². The number of unbranched alkanes of at least 4 members (excludes halogenated alkanes) is 5. The van der Waals surface area contributed by atoms with E-state index in [0.29, 0.717) is 10.8 Å². The first-order valence-electron chi connectivity index (χ1n) is 14.9. The van der Waals surface area contributed by atoms with E-state index in [9.17, 15) is 4.79 Å². The molecule has 34 heavy (non-hydrogen) atoms. The Morgan fingerprint density at radius 1 is 1.03 bits per heavy atom. The Balaban J connectivity index is 1.38. The van der Waals surface area contributed by atoms with Gasteiger partial charge >= 0.3 is 5.97 Å². The Morgan fingerprint density at radius 3 is 2.56 bits per heavy atom. The highest BCUT2D eigenvalue weighted by molar-refractivity contribution is 5.87. The molecule has 0 aliphatic heterocycles. The Morgan fingerprint density at radius 2 is 1.79 bits per heavy atom. The summed E-state index contributed by atoms with van der Waals surface area (Å²) in [7, 11) is 0. The summed E-state index contributed by atoms with van der Waals surface area (Å²) in [5.74, 6) is 3.49. The van der Waals surface area contributed by atoms with Crippen LogP contribution >= 0.6 is 0 Å². The highest BCUT2D eigenvalue weighted by Crippen LogP contribution is 2.66. The van der Waals surface area contributed by atoms with Gasteiger partial charge in [0, 0.05) is 12.0 Å². The van der Waals surface area contributed by atoms with E-state index in [-0.39, 0.29) is 12.1 Å². The van der Waals surface area contributed by atoms with Crippen LogP contribution in [0.15, 0.2) is 23.3 Å². The van der Waals surface area contributed by atoms with E-state index >= 15 is 0 Å². The molecule has 0 saturated heterocycles. The number of esters is 1. The fraction of sp³-hybridized carbons (Fsp3) is 0.844. The minimum atomic E-state index is -0.124. The fourth-order valence-electron chi connectivity index (χ4n) is 8.84. The van der Waals surface area contributed by atoms with Crippen molar-refractivity contribution in [2.45, 2.75) is 137 Å². The van der Waals surface area contributed by atoms with Gasteiger partial charge in [-0.2, -0.15) is 0 Å². The van der Waals surface area contributed by atoms with Gasteiger partial charge in [-0.1, -0.05) is 77.0 Å². The quantitative estimate of drug-likeness (QED) is 0.146. The van der Waals surface area contributed by atoms with Crippen LogP contribution in [0, 0.1) is 34.5 Å². The molecular formula is C32H52O2. The van der Waals surface area contributed by atoms with Gasteiger partial charge in [0.2, 0.25) is 0 Å². The molecule has 0 amide bonds. The lowest BCUT2D eigenvalue weighted by Crippen LogP contribution is -2.50. The van der Waals surface area contributed by atoms with Crippen LogP contribution < -0.4 is 0 Å². The SMILES string of the molecule is C/C=C(/C)C(=O)O[C@H]1CC[C@@]2(C)C(=CC[C@H]3[C@@H]4CC[C@@H](CCCCCCCC)[C@@]4(C)CC[C@@H]32)C1. The second kappa shape index (κ2) is 10.9. The van der Waals surface area contributed by atoms with E-state index in [1.165, 1.54) is 83.5 Å². The van der Waals surface area contributed by atoms with Crippen molar-refractivity contribution in [1.82, 2.24) is 0 Å². The average molecular weight is 469 g/mol. The van der Waals surface area contributed by atoms with Crippen LogP contribution in [0.4, 0.5) is 0 Å². The highest BCUT2D eigenvalue weighted by atomic mass is 16.5. The maximum absolute atomic E-state index is 12.3. The Labute approximate surface area is 210 Å². The number of rotatable bonds is 9. The molecule has 192 valence electrons. The van der Waals surface area contributed by atoms with Gasteiger partial charge in [-0.05, 0) is 99.7 Å². The molecular weight excluding hydrogens is 416 g/mol. The van der Waals surface area contributed by atoms with Gasteiger partial charge in [-0.3, -0.25) is 0 Å². The maximum atomic E-state index is 12.3. The predicted molar refractivity (Wildman–Crippen MR) is 142 cm³/mol. The number of ether oxygens (including phenoxy) is 1. The lowest BCUT2D eigenvalue weighted by Gasteiger charge is -2.58. The van der Waals surface area contributed by atoms with Crippen LogP contribution in [0.1, 0.15) is 131 Å². The summed E-state index contributed by atoms with van der Waals surface area (Å²) in [6.07, 6.45) is 24.8. The maximum Gasteiger partial charge on any atom is 0.333 e. The number of hydrogen-bond donors (Lipinski definition) is 0. The number of fused-ring (bicyclic) bond motifs is 5. The summed E-state index contributed by atoms with van der Waals surface area (Å²) in [6, 6.07) is 0. The lowest BCUT2D eigenvalue weighted by molar-refractivity contribution is -0.146. The third-order valence-corrected chi connectivity index (χ3v) is 11.2. The smallest absolute Gasteiger partial charge is 0.333 e. The first-order chi connectivity index (χ1) is 16.3. The van der Waals surface area contributed by atoms with Gasteiger partial charge in [0.1, 0.15) is 6.10 Å². The summed E-state index contributed by atoms with van der Waals surface area (Å²) < 4.78 is 5.89. The van der Waals surface area contributed by atoms with Gasteiger partial charge in [-0.15, -0.1) is 0 Å². The van der Waals surface area contributed by atoms with Crippen molar-refractivity contribution < 1.29 is 9.53 Å². The summed E-state index contributed by atoms with van der Waals surface area (Å²) in [6.45, 7) is 11.3. The molecule has 4 aliphatic carbocycles. The normalized spacial score (nSPS) is 39.6. The molecule has 0 heterocycles. The Hall–Kier alpha value is -1.05. The van der Waals surface area contributed by atoms with Crippen molar-refractivity contribution in [3.8, 4) is 0 Å². The standard InChI is InChI=1S/C32H52O2/c1-6-8-9-10-11-12-13-24-15-17-28-27-16-14-25-22-26(34-30(33)23(3)7-2)18-20-32(25,5)29(27)19-21-31(24,28)4/h7,14,24,26-29H,6,8-13,15-22H2,1-5H3/b23-7-/t24-,26+,27+,28+,29+,31-,32+/m1/s1. The van der Waals surface area contributed by atoms with E-state index in [2.05, 4.69) is 26.8 Å². The van der Waals surface area contributed by atoms with E-state index in [1.54, 1.807) is 5.57 Å². The van der Waals surface area contributed by atoms with Gasteiger partial charge in [-0.25, -0.2) is 4.79 Å². The van der Waals surface area contributed by atoms with Gasteiger partial charge in [0.25, 0.3) is 0 Å². The molecule has 0 spiro atoms. The molecule has 4 rings (SSSR count). The number of carbonyl (C=O) groups excluding carboxylic acids is 1. The van der Waals surface area contributed by atoms with Gasteiger partial charge in [0.05, 0.1) is 0 Å². The molecule has 0 N–H and O–H groups in total. The first kappa shape index (κ1) is 26.0. The van der Waals surface area contributed by atoms with Crippen molar-refractivity contribution in [2.75, 3.05) is 0 Å². The zero-order valence-corrected chi connectivity index (χ0v) is 23.0. The second-order valence-electron chi connectivity index (χ2n) is 12.9. The monoisotopic (exact) mass is 468 g/mol. The topological polar surface area (TPSA) is 26.3 Å². The minimum Gasteiger partial charge on any atom is -0.459 e. The molecule has 0 radical (unpaired) electrons. The third-order valence-electron chi connectivity index (χ3n) is 11.2.